The van der Waals surface area contributed by atoms with Gasteiger partial charge in [-0.05, 0) is 0 Å². The van der Waals surface area contributed by atoms with Crippen LogP contribution in [-0.2, 0) is 42.6 Å². The maximum atomic E-state index is 6.29. The summed E-state index contributed by atoms with van der Waals surface area (Å²) < 4.78 is 50.6. The summed E-state index contributed by atoms with van der Waals surface area (Å²) in [5, 5.41) is 0. The summed E-state index contributed by atoms with van der Waals surface area (Å²) in [6.07, 6.45) is 0.0168. The van der Waals surface area contributed by atoms with Gasteiger partial charge in [0.05, 0.1) is 97.6 Å². The lowest BCUT2D eigenvalue weighted by Gasteiger charge is -2.48. The lowest BCUT2D eigenvalue weighted by atomic mass is 9.70. The second-order valence-electron chi connectivity index (χ2n) is 8.40. The highest BCUT2D eigenvalue weighted by Gasteiger charge is 2.47. The molecule has 0 bridgehead atoms. The normalized spacial score (nSPS) is 27.8. The van der Waals surface area contributed by atoms with Gasteiger partial charge in [0.25, 0.3) is 0 Å². The van der Waals surface area contributed by atoms with Crippen LogP contribution in [0.15, 0.2) is 0 Å². The van der Waals surface area contributed by atoms with E-state index in [2.05, 4.69) is 20.8 Å². The van der Waals surface area contributed by atoms with Crippen LogP contribution in [0.25, 0.3) is 0 Å². The van der Waals surface area contributed by atoms with Gasteiger partial charge in [0.1, 0.15) is 0 Å². The number of ether oxygens (including phenoxy) is 9. The summed E-state index contributed by atoms with van der Waals surface area (Å²) in [4.78, 5) is 0. The Kier molecular flexibility index (Phi) is 18.5. The second-order valence-corrected chi connectivity index (χ2v) is 8.40. The molecule has 198 valence electrons. The van der Waals surface area contributed by atoms with Crippen LogP contribution < -0.4 is 0 Å². The van der Waals surface area contributed by atoms with Gasteiger partial charge >= 0.3 is 0 Å². The van der Waals surface area contributed by atoms with Crippen molar-refractivity contribution in [3.8, 4) is 0 Å². The molecule has 0 aliphatic heterocycles. The molecule has 1 fully saturated rings. The van der Waals surface area contributed by atoms with Gasteiger partial charge in [0.15, 0.2) is 0 Å². The molecule has 9 heteroatoms. The largest absolute Gasteiger partial charge is 0.382 e. The van der Waals surface area contributed by atoms with Crippen LogP contribution in [0.2, 0.25) is 0 Å². The highest BCUT2D eigenvalue weighted by atomic mass is 16.6. The van der Waals surface area contributed by atoms with Gasteiger partial charge in [-0.2, -0.15) is 0 Å². The van der Waals surface area contributed by atoms with Gasteiger partial charge in [-0.25, -0.2) is 0 Å². The molecule has 0 unspecified atom stereocenters. The van der Waals surface area contributed by atoms with Gasteiger partial charge in [-0.1, -0.05) is 20.8 Å². The first-order valence-electron chi connectivity index (χ1n) is 12.1. The van der Waals surface area contributed by atoms with E-state index >= 15 is 0 Å². The Morgan fingerprint density at radius 2 is 0.606 bits per heavy atom. The SMILES string of the molecule is COCCOCCOC1C(C)C(OCCOCCOC)C(C)C(OCCOCCOC)C1C. The lowest BCUT2D eigenvalue weighted by Crippen LogP contribution is -2.55. The monoisotopic (exact) mass is 480 g/mol. The average Bonchev–Trinajstić information content (AvgIpc) is 2.81. The highest BCUT2D eigenvalue weighted by molar-refractivity contribution is 4.95. The molecule has 0 aromatic heterocycles. The third kappa shape index (κ3) is 12.2. The van der Waals surface area contributed by atoms with Crippen LogP contribution in [0.5, 0.6) is 0 Å². The number of hydrogen-bond donors (Lipinski definition) is 0. The summed E-state index contributed by atoms with van der Waals surface area (Å²) in [6.45, 7) is 13.2. The number of methoxy groups -OCH3 is 3. The molecule has 0 aromatic rings. The molecule has 1 aliphatic rings. The predicted octanol–water partition coefficient (Wildman–Crippen LogP) is 2.05. The molecule has 0 N–H and O–H groups in total. The van der Waals surface area contributed by atoms with E-state index in [1.165, 1.54) is 0 Å². The standard InChI is InChI=1S/C24H48O9/c1-19-22(31-16-13-28-10-7-25-4)20(2)24(33-18-15-30-12-9-27-6)21(3)23(19)32-17-14-29-11-8-26-5/h19-24H,7-18H2,1-6H3. The zero-order valence-corrected chi connectivity index (χ0v) is 21.6. The first-order chi connectivity index (χ1) is 16.1. The van der Waals surface area contributed by atoms with E-state index < -0.39 is 0 Å². The van der Waals surface area contributed by atoms with E-state index in [0.29, 0.717) is 79.3 Å². The van der Waals surface area contributed by atoms with Gasteiger partial charge < -0.3 is 42.6 Å². The molecule has 0 heterocycles. The maximum Gasteiger partial charge on any atom is 0.0704 e. The number of rotatable bonds is 21. The third-order valence-corrected chi connectivity index (χ3v) is 6.02. The fourth-order valence-electron chi connectivity index (χ4n) is 4.37. The quantitative estimate of drug-likeness (QED) is 0.229. The minimum Gasteiger partial charge on any atom is -0.382 e. The molecule has 0 aromatic carbocycles. The summed E-state index contributed by atoms with van der Waals surface area (Å²) in [5.74, 6) is 0.641. The number of hydrogen-bond acceptors (Lipinski definition) is 9. The Hall–Kier alpha value is -0.360. The lowest BCUT2D eigenvalue weighted by molar-refractivity contribution is -0.195. The molecule has 0 amide bonds. The predicted molar refractivity (Wildman–Crippen MR) is 125 cm³/mol. The molecular formula is C24H48O9. The minimum absolute atomic E-state index is 0.00560. The van der Waals surface area contributed by atoms with Crippen molar-refractivity contribution in [3.05, 3.63) is 0 Å². The molecule has 0 radical (unpaired) electrons. The Balaban J connectivity index is 2.62. The first kappa shape index (κ1) is 30.7. The van der Waals surface area contributed by atoms with Crippen molar-refractivity contribution < 1.29 is 42.6 Å². The van der Waals surface area contributed by atoms with Crippen LogP contribution in [0, 0.1) is 17.8 Å². The van der Waals surface area contributed by atoms with E-state index in [4.69, 9.17) is 42.6 Å². The van der Waals surface area contributed by atoms with Crippen molar-refractivity contribution in [1.82, 2.24) is 0 Å². The van der Waals surface area contributed by atoms with Gasteiger partial charge in [-0.3, -0.25) is 0 Å². The molecule has 33 heavy (non-hydrogen) atoms. The van der Waals surface area contributed by atoms with Crippen LogP contribution in [-0.4, -0.2) is 119 Å². The van der Waals surface area contributed by atoms with Crippen LogP contribution in [0.4, 0.5) is 0 Å². The Labute approximate surface area is 200 Å². The Morgan fingerprint density at radius 1 is 0.364 bits per heavy atom. The third-order valence-electron chi connectivity index (χ3n) is 6.02. The Morgan fingerprint density at radius 3 is 0.848 bits per heavy atom. The van der Waals surface area contributed by atoms with Crippen molar-refractivity contribution in [2.24, 2.45) is 17.8 Å². The van der Waals surface area contributed by atoms with E-state index in [1.54, 1.807) is 21.3 Å². The average molecular weight is 481 g/mol. The van der Waals surface area contributed by atoms with Crippen LogP contribution in [0.1, 0.15) is 20.8 Å². The molecule has 1 saturated carbocycles. The van der Waals surface area contributed by atoms with Crippen LogP contribution >= 0.6 is 0 Å². The van der Waals surface area contributed by atoms with E-state index in [-0.39, 0.29) is 36.1 Å². The van der Waals surface area contributed by atoms with Crippen molar-refractivity contribution in [3.63, 3.8) is 0 Å². The fourth-order valence-corrected chi connectivity index (χ4v) is 4.37. The van der Waals surface area contributed by atoms with Crippen molar-refractivity contribution >= 4 is 0 Å². The Bertz CT molecular complexity index is 366. The molecular weight excluding hydrogens is 432 g/mol. The molecule has 1 rings (SSSR count). The molecule has 0 saturated heterocycles. The van der Waals surface area contributed by atoms with Crippen molar-refractivity contribution in [2.45, 2.75) is 39.1 Å². The molecule has 1 aliphatic carbocycles. The summed E-state index contributed by atoms with van der Waals surface area (Å²) in [6, 6.07) is 0. The smallest absolute Gasteiger partial charge is 0.0704 e. The van der Waals surface area contributed by atoms with E-state index in [9.17, 15) is 0 Å². The molecule has 9 nitrogen and oxygen atoms in total. The zero-order valence-electron chi connectivity index (χ0n) is 21.6. The summed E-state index contributed by atoms with van der Waals surface area (Å²) in [7, 11) is 4.99. The fraction of sp³-hybridized carbons (Fsp3) is 1.00. The van der Waals surface area contributed by atoms with Gasteiger partial charge in [0, 0.05) is 39.1 Å². The van der Waals surface area contributed by atoms with Crippen molar-refractivity contribution in [2.75, 3.05) is 101 Å². The molecule has 0 atom stereocenters. The van der Waals surface area contributed by atoms with E-state index in [1.807, 2.05) is 0 Å². The zero-order chi connectivity index (χ0) is 24.3. The summed E-state index contributed by atoms with van der Waals surface area (Å²) in [5.41, 5.74) is 0. The van der Waals surface area contributed by atoms with Gasteiger partial charge in [-0.15, -0.1) is 0 Å². The topological polar surface area (TPSA) is 83.1 Å². The summed E-state index contributed by atoms with van der Waals surface area (Å²) >= 11 is 0. The maximum absolute atomic E-state index is 6.29. The first-order valence-corrected chi connectivity index (χ1v) is 12.1. The van der Waals surface area contributed by atoms with Crippen molar-refractivity contribution in [1.29, 1.82) is 0 Å². The minimum atomic E-state index is 0.00560. The van der Waals surface area contributed by atoms with Gasteiger partial charge in [0.2, 0.25) is 0 Å². The highest BCUT2D eigenvalue weighted by Crippen LogP contribution is 2.39. The van der Waals surface area contributed by atoms with Crippen LogP contribution in [0.3, 0.4) is 0 Å². The second kappa shape index (κ2) is 19.9. The van der Waals surface area contributed by atoms with E-state index in [0.717, 1.165) is 0 Å². The molecule has 0 spiro atoms.